The van der Waals surface area contributed by atoms with Crippen LogP contribution in [0.4, 0.5) is 0 Å². The molecule has 3 aromatic rings. The zero-order valence-corrected chi connectivity index (χ0v) is 12.9. The maximum absolute atomic E-state index is 4.43. The van der Waals surface area contributed by atoms with Crippen molar-refractivity contribution < 1.29 is 0 Å². The van der Waals surface area contributed by atoms with Crippen LogP contribution in [0, 0.1) is 0 Å². The summed E-state index contributed by atoms with van der Waals surface area (Å²) in [5, 5.41) is 0. The third kappa shape index (κ3) is 2.36. The minimum atomic E-state index is 0.417. The van der Waals surface area contributed by atoms with E-state index in [2.05, 4.69) is 45.0 Å². The quantitative estimate of drug-likeness (QED) is 0.790. The molecular formula is C16H18N4S. The molecule has 0 amide bonds. The molecule has 0 aliphatic carbocycles. The number of aromatic amines is 1. The Balaban J connectivity index is 1.56. The summed E-state index contributed by atoms with van der Waals surface area (Å²) in [6.45, 7) is 4.43. The van der Waals surface area contributed by atoms with Crippen molar-refractivity contribution in [2.75, 3.05) is 13.1 Å². The van der Waals surface area contributed by atoms with Crippen LogP contribution in [0.5, 0.6) is 0 Å². The van der Waals surface area contributed by atoms with Crippen LogP contribution >= 0.6 is 11.3 Å². The van der Waals surface area contributed by atoms with E-state index in [1.54, 1.807) is 11.3 Å². The molecule has 1 aliphatic rings. The highest BCUT2D eigenvalue weighted by Gasteiger charge is 2.21. The number of fused-ring (bicyclic) bond motifs is 2. The van der Waals surface area contributed by atoms with Crippen molar-refractivity contribution in [3.63, 3.8) is 0 Å². The van der Waals surface area contributed by atoms with E-state index < -0.39 is 0 Å². The predicted molar refractivity (Wildman–Crippen MR) is 85.6 cm³/mol. The molecule has 3 heterocycles. The lowest BCUT2D eigenvalue weighted by molar-refractivity contribution is 0.220. The number of benzene rings is 1. The number of nitrogens with one attached hydrogen (secondary N) is 1. The third-order valence-electron chi connectivity index (χ3n) is 4.48. The summed E-state index contributed by atoms with van der Waals surface area (Å²) in [7, 11) is 0. The van der Waals surface area contributed by atoms with Gasteiger partial charge >= 0.3 is 0 Å². The summed E-state index contributed by atoms with van der Waals surface area (Å²) in [5.41, 5.74) is 6.93. The van der Waals surface area contributed by atoms with Crippen LogP contribution < -0.4 is 0 Å². The monoisotopic (exact) mass is 298 g/mol. The van der Waals surface area contributed by atoms with Gasteiger partial charge in [0.1, 0.15) is 0 Å². The van der Waals surface area contributed by atoms with Crippen molar-refractivity contribution >= 4 is 21.6 Å². The zero-order chi connectivity index (χ0) is 14.2. The lowest BCUT2D eigenvalue weighted by atomic mass is 10.1. The van der Waals surface area contributed by atoms with Crippen LogP contribution in [0.1, 0.15) is 29.9 Å². The summed E-state index contributed by atoms with van der Waals surface area (Å²) in [5.74, 6) is 0. The molecule has 4 nitrogen and oxygen atoms in total. The van der Waals surface area contributed by atoms with Crippen LogP contribution in [0.25, 0.3) is 10.2 Å². The molecule has 1 aliphatic heterocycles. The molecule has 2 aromatic heterocycles. The van der Waals surface area contributed by atoms with Gasteiger partial charge in [0.25, 0.3) is 0 Å². The minimum absolute atomic E-state index is 0.417. The Bertz CT molecular complexity index is 738. The molecular weight excluding hydrogens is 280 g/mol. The number of thiazole rings is 1. The minimum Gasteiger partial charge on any atom is -0.348 e. The Hall–Kier alpha value is -1.72. The first-order valence-corrected chi connectivity index (χ1v) is 8.27. The molecule has 1 aromatic carbocycles. The van der Waals surface area contributed by atoms with Crippen molar-refractivity contribution in [2.24, 2.45) is 0 Å². The van der Waals surface area contributed by atoms with Gasteiger partial charge in [-0.15, -0.1) is 11.3 Å². The van der Waals surface area contributed by atoms with Crippen LogP contribution in [0.15, 0.2) is 30.0 Å². The lowest BCUT2D eigenvalue weighted by Crippen LogP contribution is -2.29. The molecule has 0 spiro atoms. The summed E-state index contributed by atoms with van der Waals surface area (Å²) in [4.78, 5) is 14.7. The Morgan fingerprint density at radius 1 is 1.24 bits per heavy atom. The van der Waals surface area contributed by atoms with Gasteiger partial charge in [-0.1, -0.05) is 6.07 Å². The topological polar surface area (TPSA) is 44.8 Å². The molecule has 0 fully saturated rings. The molecule has 0 bridgehead atoms. The molecule has 0 saturated carbocycles. The number of hydrogen-bond acceptors (Lipinski definition) is 4. The van der Waals surface area contributed by atoms with Gasteiger partial charge in [0, 0.05) is 37.7 Å². The van der Waals surface area contributed by atoms with E-state index in [1.807, 2.05) is 11.8 Å². The Morgan fingerprint density at radius 2 is 2.14 bits per heavy atom. The second-order valence-electron chi connectivity index (χ2n) is 5.62. The fourth-order valence-electron chi connectivity index (χ4n) is 3.13. The second kappa shape index (κ2) is 5.24. The van der Waals surface area contributed by atoms with E-state index in [0.717, 1.165) is 31.4 Å². The third-order valence-corrected chi connectivity index (χ3v) is 5.29. The second-order valence-corrected chi connectivity index (χ2v) is 6.51. The van der Waals surface area contributed by atoms with E-state index in [9.17, 15) is 0 Å². The highest BCUT2D eigenvalue weighted by molar-refractivity contribution is 7.16. The Labute approximate surface area is 127 Å². The van der Waals surface area contributed by atoms with Gasteiger partial charge in [0.15, 0.2) is 0 Å². The SMILES string of the molecule is CC(c1ccc2scnc2c1)N1CCc2nc[nH]c2CC1. The summed E-state index contributed by atoms with van der Waals surface area (Å²) in [6, 6.07) is 7.09. The van der Waals surface area contributed by atoms with Gasteiger partial charge in [-0.2, -0.15) is 0 Å². The normalized spacial score (nSPS) is 17.6. The number of nitrogens with zero attached hydrogens (tertiary/aromatic N) is 3. The summed E-state index contributed by atoms with van der Waals surface area (Å²) in [6.07, 6.45) is 3.90. The first kappa shape index (κ1) is 13.0. The Kier molecular flexibility index (Phi) is 3.24. The molecule has 0 saturated heterocycles. The highest BCUT2D eigenvalue weighted by atomic mass is 32.1. The molecule has 1 N–H and O–H groups in total. The van der Waals surface area contributed by atoms with Crippen LogP contribution in [0.2, 0.25) is 0 Å². The number of aromatic nitrogens is 3. The zero-order valence-electron chi connectivity index (χ0n) is 12.0. The average Bonchev–Trinajstić information content (AvgIpc) is 3.11. The number of hydrogen-bond donors (Lipinski definition) is 1. The van der Waals surface area contributed by atoms with Gasteiger partial charge in [-0.05, 0) is 24.6 Å². The summed E-state index contributed by atoms with van der Waals surface area (Å²) < 4.78 is 1.26. The molecule has 4 rings (SSSR count). The van der Waals surface area contributed by atoms with Crippen LogP contribution in [-0.2, 0) is 12.8 Å². The van der Waals surface area contributed by atoms with Crippen molar-refractivity contribution in [1.82, 2.24) is 19.9 Å². The number of H-pyrrole nitrogens is 1. The molecule has 108 valence electrons. The average molecular weight is 298 g/mol. The smallest absolute Gasteiger partial charge is 0.0925 e. The fourth-order valence-corrected chi connectivity index (χ4v) is 3.79. The highest BCUT2D eigenvalue weighted by Crippen LogP contribution is 2.27. The van der Waals surface area contributed by atoms with Gasteiger partial charge < -0.3 is 4.98 Å². The van der Waals surface area contributed by atoms with Crippen molar-refractivity contribution in [3.05, 3.63) is 47.0 Å². The van der Waals surface area contributed by atoms with E-state index in [1.165, 1.54) is 21.7 Å². The van der Waals surface area contributed by atoms with Gasteiger partial charge in [0.2, 0.25) is 0 Å². The van der Waals surface area contributed by atoms with Crippen molar-refractivity contribution in [1.29, 1.82) is 0 Å². The molecule has 21 heavy (non-hydrogen) atoms. The van der Waals surface area contributed by atoms with Crippen molar-refractivity contribution in [3.8, 4) is 0 Å². The standard InChI is InChI=1S/C16H18N4S/c1-11(12-2-3-16-15(8-12)19-10-21-16)20-6-4-13-14(5-7-20)18-9-17-13/h2-3,8-11H,4-7H2,1H3,(H,17,18). The van der Waals surface area contributed by atoms with Crippen LogP contribution in [0.3, 0.4) is 0 Å². The van der Waals surface area contributed by atoms with Gasteiger partial charge in [-0.25, -0.2) is 9.97 Å². The maximum atomic E-state index is 4.43. The predicted octanol–water partition coefficient (Wildman–Crippen LogP) is 3.18. The maximum Gasteiger partial charge on any atom is 0.0925 e. The lowest BCUT2D eigenvalue weighted by Gasteiger charge is -2.27. The molecule has 1 atom stereocenters. The number of imidazole rings is 1. The van der Waals surface area contributed by atoms with E-state index in [4.69, 9.17) is 0 Å². The van der Waals surface area contributed by atoms with Crippen molar-refractivity contribution in [2.45, 2.75) is 25.8 Å². The first-order valence-electron chi connectivity index (χ1n) is 7.39. The number of rotatable bonds is 2. The van der Waals surface area contributed by atoms with Gasteiger partial charge in [0.05, 0.1) is 27.7 Å². The molecule has 5 heteroatoms. The van der Waals surface area contributed by atoms with E-state index in [0.29, 0.717) is 6.04 Å². The van der Waals surface area contributed by atoms with Crippen LogP contribution in [-0.4, -0.2) is 32.9 Å². The van der Waals surface area contributed by atoms with E-state index in [-0.39, 0.29) is 0 Å². The fraction of sp³-hybridized carbons (Fsp3) is 0.375. The first-order chi connectivity index (χ1) is 10.3. The largest absolute Gasteiger partial charge is 0.348 e. The summed E-state index contributed by atoms with van der Waals surface area (Å²) >= 11 is 1.70. The molecule has 1 unspecified atom stereocenters. The van der Waals surface area contributed by atoms with E-state index >= 15 is 0 Å². The van der Waals surface area contributed by atoms with Gasteiger partial charge in [-0.3, -0.25) is 4.90 Å². The Morgan fingerprint density at radius 3 is 3.10 bits per heavy atom. The molecule has 0 radical (unpaired) electrons.